The van der Waals surface area contributed by atoms with Crippen molar-refractivity contribution >= 4 is 17.2 Å². The zero-order valence-corrected chi connectivity index (χ0v) is 17.2. The van der Waals surface area contributed by atoms with Crippen molar-refractivity contribution < 1.29 is 9.53 Å². The first-order valence-corrected chi connectivity index (χ1v) is 10.9. The van der Waals surface area contributed by atoms with Crippen LogP contribution in [0.25, 0.3) is 0 Å². The first kappa shape index (κ1) is 19.6. The summed E-state index contributed by atoms with van der Waals surface area (Å²) in [4.78, 5) is 21.5. The highest BCUT2D eigenvalue weighted by atomic mass is 32.1. The Kier molecular flexibility index (Phi) is 6.54. The number of aromatic nitrogens is 1. The van der Waals surface area contributed by atoms with Gasteiger partial charge in [0.1, 0.15) is 12.4 Å². The first-order chi connectivity index (χ1) is 14.3. The van der Waals surface area contributed by atoms with Crippen LogP contribution < -0.4 is 4.74 Å². The molecule has 150 valence electrons. The Morgan fingerprint density at radius 2 is 1.86 bits per heavy atom. The number of rotatable bonds is 7. The Bertz CT molecular complexity index is 907. The highest BCUT2D eigenvalue weighted by Crippen LogP contribution is 2.18. The third kappa shape index (κ3) is 5.43. The van der Waals surface area contributed by atoms with E-state index in [-0.39, 0.29) is 5.91 Å². The molecule has 0 N–H and O–H groups in total. The Balaban J connectivity index is 1.27. The zero-order valence-electron chi connectivity index (χ0n) is 16.4. The lowest BCUT2D eigenvalue weighted by molar-refractivity contribution is 0.0638. The third-order valence-corrected chi connectivity index (χ3v) is 5.81. The van der Waals surface area contributed by atoms with Crippen LogP contribution in [0.5, 0.6) is 5.75 Å². The number of benzene rings is 2. The van der Waals surface area contributed by atoms with E-state index < -0.39 is 0 Å². The summed E-state index contributed by atoms with van der Waals surface area (Å²) in [6.45, 7) is 4.81. The molecule has 0 unspecified atom stereocenters. The number of thiazole rings is 1. The summed E-state index contributed by atoms with van der Waals surface area (Å²) in [6.07, 6.45) is 1.05. The molecular formula is C23H25N3O2S. The standard InChI is InChI=1S/C23H25N3O2S/c27-23(20-7-4-8-22(15-20)28-16-21-17-29-18-24-21)26-13-11-25(12-14-26)10-9-19-5-2-1-3-6-19/h1-8,15,17-18H,9-14,16H2. The maximum atomic E-state index is 12.9. The van der Waals surface area contributed by atoms with Crippen molar-refractivity contribution in [1.82, 2.24) is 14.8 Å². The second-order valence-corrected chi connectivity index (χ2v) is 7.88. The van der Waals surface area contributed by atoms with Gasteiger partial charge in [0.2, 0.25) is 0 Å². The van der Waals surface area contributed by atoms with E-state index in [0.29, 0.717) is 17.9 Å². The van der Waals surface area contributed by atoms with Gasteiger partial charge in [-0.25, -0.2) is 4.98 Å². The minimum absolute atomic E-state index is 0.0758. The Labute approximate surface area is 175 Å². The van der Waals surface area contributed by atoms with E-state index in [1.54, 1.807) is 16.8 Å². The molecule has 1 fully saturated rings. The summed E-state index contributed by atoms with van der Waals surface area (Å²) in [5, 5.41) is 1.96. The van der Waals surface area contributed by atoms with Gasteiger partial charge in [-0.3, -0.25) is 9.69 Å². The van der Waals surface area contributed by atoms with Crippen LogP contribution in [0, 0.1) is 0 Å². The normalized spacial score (nSPS) is 14.7. The number of carbonyl (C=O) groups excluding carboxylic acids is 1. The van der Waals surface area contributed by atoms with Gasteiger partial charge < -0.3 is 9.64 Å². The van der Waals surface area contributed by atoms with Gasteiger partial charge in [-0.05, 0) is 30.2 Å². The summed E-state index contributed by atoms with van der Waals surface area (Å²) in [5.74, 6) is 0.775. The van der Waals surface area contributed by atoms with Gasteiger partial charge in [0.15, 0.2) is 0 Å². The molecule has 1 aliphatic heterocycles. The fraction of sp³-hybridized carbons (Fsp3) is 0.304. The fourth-order valence-corrected chi connectivity index (χ4v) is 4.02. The Hall–Kier alpha value is -2.70. The van der Waals surface area contributed by atoms with Gasteiger partial charge in [0, 0.05) is 43.7 Å². The molecule has 1 aliphatic rings. The Morgan fingerprint density at radius 3 is 2.62 bits per heavy atom. The van der Waals surface area contributed by atoms with Crippen molar-refractivity contribution in [2.45, 2.75) is 13.0 Å². The molecule has 0 bridgehead atoms. The number of amides is 1. The number of ether oxygens (including phenoxy) is 1. The van der Waals surface area contributed by atoms with Gasteiger partial charge in [-0.1, -0.05) is 36.4 Å². The molecule has 6 heteroatoms. The molecule has 4 rings (SSSR count). The molecule has 1 aromatic heterocycles. The summed E-state index contributed by atoms with van der Waals surface area (Å²) in [7, 11) is 0. The molecule has 3 aromatic rings. The zero-order chi connectivity index (χ0) is 19.9. The van der Waals surface area contributed by atoms with E-state index in [9.17, 15) is 4.79 Å². The maximum absolute atomic E-state index is 12.9. The molecule has 29 heavy (non-hydrogen) atoms. The molecule has 0 aliphatic carbocycles. The topological polar surface area (TPSA) is 45.7 Å². The van der Waals surface area contributed by atoms with Gasteiger partial charge in [0.05, 0.1) is 11.2 Å². The van der Waals surface area contributed by atoms with Crippen LogP contribution in [0.3, 0.4) is 0 Å². The fourth-order valence-electron chi connectivity index (χ4n) is 3.47. The average molecular weight is 408 g/mol. The highest BCUT2D eigenvalue weighted by Gasteiger charge is 2.22. The predicted octanol–water partition coefficient (Wildman–Crippen LogP) is 3.72. The molecule has 5 nitrogen and oxygen atoms in total. The van der Waals surface area contributed by atoms with Gasteiger partial charge in [0.25, 0.3) is 5.91 Å². The quantitative estimate of drug-likeness (QED) is 0.599. The summed E-state index contributed by atoms with van der Waals surface area (Å²) in [5.41, 5.74) is 4.73. The molecule has 2 aromatic carbocycles. The summed E-state index contributed by atoms with van der Waals surface area (Å²) in [6, 6.07) is 18.0. The lowest BCUT2D eigenvalue weighted by atomic mass is 10.1. The second-order valence-electron chi connectivity index (χ2n) is 7.17. The van der Waals surface area contributed by atoms with E-state index in [1.165, 1.54) is 5.56 Å². The predicted molar refractivity (Wildman–Crippen MR) is 115 cm³/mol. The van der Waals surface area contributed by atoms with Crippen molar-refractivity contribution in [3.05, 3.63) is 82.3 Å². The smallest absolute Gasteiger partial charge is 0.254 e. The molecule has 0 spiro atoms. The van der Waals surface area contributed by atoms with Crippen LogP contribution in [-0.2, 0) is 13.0 Å². The van der Waals surface area contributed by atoms with Crippen LogP contribution in [0.2, 0.25) is 0 Å². The van der Waals surface area contributed by atoms with Crippen molar-refractivity contribution in [2.75, 3.05) is 32.7 Å². The molecule has 1 amide bonds. The van der Waals surface area contributed by atoms with Crippen molar-refractivity contribution in [1.29, 1.82) is 0 Å². The Morgan fingerprint density at radius 1 is 1.03 bits per heavy atom. The van der Waals surface area contributed by atoms with E-state index in [0.717, 1.165) is 44.8 Å². The molecule has 2 heterocycles. The summed E-state index contributed by atoms with van der Waals surface area (Å²) < 4.78 is 5.78. The van der Waals surface area contributed by atoms with E-state index in [1.807, 2.05) is 40.6 Å². The monoisotopic (exact) mass is 407 g/mol. The summed E-state index contributed by atoms with van der Waals surface area (Å²) >= 11 is 1.55. The van der Waals surface area contributed by atoms with Crippen molar-refractivity contribution in [3.8, 4) is 5.75 Å². The van der Waals surface area contributed by atoms with Gasteiger partial charge in [-0.15, -0.1) is 11.3 Å². The lowest BCUT2D eigenvalue weighted by Gasteiger charge is -2.34. The van der Waals surface area contributed by atoms with Crippen molar-refractivity contribution in [3.63, 3.8) is 0 Å². The number of nitrogens with zero attached hydrogens (tertiary/aromatic N) is 3. The lowest BCUT2D eigenvalue weighted by Crippen LogP contribution is -2.49. The van der Waals surface area contributed by atoms with E-state index in [4.69, 9.17) is 4.74 Å². The minimum Gasteiger partial charge on any atom is -0.487 e. The molecular weight excluding hydrogens is 382 g/mol. The molecule has 1 saturated heterocycles. The van der Waals surface area contributed by atoms with Gasteiger partial charge in [-0.2, -0.15) is 0 Å². The molecule has 0 saturated carbocycles. The SMILES string of the molecule is O=C(c1cccc(OCc2cscn2)c1)N1CCN(CCc2ccccc2)CC1. The van der Waals surface area contributed by atoms with Crippen LogP contribution >= 0.6 is 11.3 Å². The minimum atomic E-state index is 0.0758. The van der Waals surface area contributed by atoms with Crippen LogP contribution in [-0.4, -0.2) is 53.4 Å². The van der Waals surface area contributed by atoms with E-state index >= 15 is 0 Å². The van der Waals surface area contributed by atoms with Crippen LogP contribution in [0.1, 0.15) is 21.6 Å². The van der Waals surface area contributed by atoms with Crippen LogP contribution in [0.15, 0.2) is 65.5 Å². The van der Waals surface area contributed by atoms with Gasteiger partial charge >= 0.3 is 0 Å². The largest absolute Gasteiger partial charge is 0.487 e. The number of carbonyl (C=O) groups is 1. The number of hydrogen-bond acceptors (Lipinski definition) is 5. The average Bonchev–Trinajstić information content (AvgIpc) is 3.31. The number of piperazine rings is 1. The second kappa shape index (κ2) is 9.67. The number of hydrogen-bond donors (Lipinski definition) is 0. The van der Waals surface area contributed by atoms with Crippen LogP contribution in [0.4, 0.5) is 0 Å². The van der Waals surface area contributed by atoms with Crippen molar-refractivity contribution in [2.24, 2.45) is 0 Å². The first-order valence-electron chi connectivity index (χ1n) is 9.93. The molecule has 0 radical (unpaired) electrons. The maximum Gasteiger partial charge on any atom is 0.254 e. The highest BCUT2D eigenvalue weighted by molar-refractivity contribution is 7.07. The molecule has 0 atom stereocenters. The third-order valence-electron chi connectivity index (χ3n) is 5.17. The van der Waals surface area contributed by atoms with E-state index in [2.05, 4.69) is 34.1 Å².